The first-order valence-corrected chi connectivity index (χ1v) is 20.1. The summed E-state index contributed by atoms with van der Waals surface area (Å²) in [5, 5.41) is 0. The highest BCUT2D eigenvalue weighted by molar-refractivity contribution is 7.99. The highest BCUT2D eigenvalue weighted by Crippen LogP contribution is 2.67. The van der Waals surface area contributed by atoms with E-state index >= 15 is 0 Å². The summed E-state index contributed by atoms with van der Waals surface area (Å²) in [5.74, 6) is 1.78. The molecule has 7 aromatic carbocycles. The van der Waals surface area contributed by atoms with Gasteiger partial charge in [-0.05, 0) is 73.8 Å². The van der Waals surface area contributed by atoms with E-state index in [1.165, 1.54) is 60.5 Å². The molecule has 0 amide bonds. The fourth-order valence-electron chi connectivity index (χ4n) is 10.0. The molecule has 0 saturated heterocycles. The van der Waals surface area contributed by atoms with E-state index in [2.05, 4.69) is 145 Å². The fraction of sp³-hybridized carbons (Fsp3) is 0.0385. The quantitative estimate of drug-likeness (QED) is 0.180. The second-order valence-corrected chi connectivity index (χ2v) is 15.9. The van der Waals surface area contributed by atoms with Gasteiger partial charge >= 0.3 is 0 Å². The zero-order valence-corrected chi connectivity index (χ0v) is 31.5. The van der Waals surface area contributed by atoms with Crippen molar-refractivity contribution in [1.29, 1.82) is 0 Å². The number of hydrogen-bond acceptors (Lipinski definition) is 5. The van der Waals surface area contributed by atoms with Crippen LogP contribution in [0.1, 0.15) is 44.5 Å². The molecule has 0 radical (unpaired) electrons. The van der Waals surface area contributed by atoms with Crippen molar-refractivity contribution in [3.63, 3.8) is 0 Å². The van der Waals surface area contributed by atoms with Gasteiger partial charge in [0.1, 0.15) is 5.69 Å². The molecule has 3 heterocycles. The van der Waals surface area contributed by atoms with Crippen LogP contribution in [0.15, 0.2) is 204 Å². The first-order valence-electron chi connectivity index (χ1n) is 19.3. The van der Waals surface area contributed by atoms with E-state index in [0.29, 0.717) is 23.2 Å². The SMILES string of the molecule is c1ccc(-c2nc(-c3ccccn3)nc(-c3cccc4c3Sc3ccccc3C43c4ccccc4C4(c5ccccc5-c5ccccc54)c4ccccc43)n2)cc1. The molecule has 0 unspecified atom stereocenters. The van der Waals surface area contributed by atoms with Gasteiger partial charge in [0.15, 0.2) is 17.5 Å². The van der Waals surface area contributed by atoms with Gasteiger partial charge in [0.05, 0.1) is 10.8 Å². The first kappa shape index (κ1) is 32.3. The molecule has 0 saturated carbocycles. The van der Waals surface area contributed by atoms with Gasteiger partial charge in [-0.25, -0.2) is 15.0 Å². The van der Waals surface area contributed by atoms with Crippen LogP contribution >= 0.6 is 11.8 Å². The van der Waals surface area contributed by atoms with E-state index in [9.17, 15) is 0 Å². The Bertz CT molecular complexity index is 2910. The minimum atomic E-state index is -0.642. The molecule has 5 heteroatoms. The summed E-state index contributed by atoms with van der Waals surface area (Å²) in [6.45, 7) is 0. The van der Waals surface area contributed by atoms with Crippen LogP contribution < -0.4 is 0 Å². The number of nitrogens with zero attached hydrogens (tertiary/aromatic N) is 4. The van der Waals surface area contributed by atoms with E-state index in [1.807, 2.05) is 60.3 Å². The molecule has 2 spiro atoms. The molecule has 2 aliphatic carbocycles. The predicted molar refractivity (Wildman–Crippen MR) is 227 cm³/mol. The molecule has 266 valence electrons. The van der Waals surface area contributed by atoms with Gasteiger partial charge < -0.3 is 0 Å². The molecule has 1 aliphatic heterocycles. The third-order valence-electron chi connectivity index (χ3n) is 12.1. The molecule has 0 atom stereocenters. The summed E-state index contributed by atoms with van der Waals surface area (Å²) in [6.07, 6.45) is 1.79. The molecule has 3 aliphatic rings. The van der Waals surface area contributed by atoms with Crippen molar-refractivity contribution in [1.82, 2.24) is 19.9 Å². The van der Waals surface area contributed by atoms with Crippen molar-refractivity contribution in [3.8, 4) is 45.4 Å². The molecule has 57 heavy (non-hydrogen) atoms. The van der Waals surface area contributed by atoms with Gasteiger partial charge in [-0.1, -0.05) is 182 Å². The molecule has 0 fully saturated rings. The van der Waals surface area contributed by atoms with Gasteiger partial charge in [0.25, 0.3) is 0 Å². The lowest BCUT2D eigenvalue weighted by Gasteiger charge is -2.52. The number of benzene rings is 7. The molecule has 0 bridgehead atoms. The molecule has 9 aromatic rings. The normalized spacial score (nSPS) is 14.5. The number of rotatable bonds is 3. The van der Waals surface area contributed by atoms with Crippen LogP contribution in [0.25, 0.3) is 45.4 Å². The van der Waals surface area contributed by atoms with Crippen molar-refractivity contribution in [2.45, 2.75) is 20.6 Å². The van der Waals surface area contributed by atoms with Crippen LogP contribution in [0.4, 0.5) is 0 Å². The van der Waals surface area contributed by atoms with Crippen molar-refractivity contribution in [2.24, 2.45) is 0 Å². The zero-order valence-electron chi connectivity index (χ0n) is 30.7. The van der Waals surface area contributed by atoms with Crippen LogP contribution in [-0.2, 0) is 10.8 Å². The minimum absolute atomic E-state index is 0.501. The van der Waals surface area contributed by atoms with Crippen molar-refractivity contribution in [3.05, 3.63) is 239 Å². The molecular weight excluding hydrogens is 713 g/mol. The minimum Gasteiger partial charge on any atom is -0.253 e. The summed E-state index contributed by atoms with van der Waals surface area (Å²) in [6, 6.07) is 68.1. The maximum absolute atomic E-state index is 5.23. The lowest BCUT2D eigenvalue weighted by Crippen LogP contribution is -2.45. The van der Waals surface area contributed by atoms with Crippen LogP contribution in [0.2, 0.25) is 0 Å². The monoisotopic (exact) mass is 744 g/mol. The number of fused-ring (bicyclic) bond motifs is 15. The van der Waals surface area contributed by atoms with Gasteiger partial charge in [-0.3, -0.25) is 4.98 Å². The highest BCUT2D eigenvalue weighted by atomic mass is 32.2. The Morgan fingerprint density at radius 1 is 0.333 bits per heavy atom. The Kier molecular flexibility index (Phi) is 6.96. The maximum Gasteiger partial charge on any atom is 0.182 e. The first-order chi connectivity index (χ1) is 28.3. The summed E-state index contributed by atoms with van der Waals surface area (Å²) in [7, 11) is 0. The maximum atomic E-state index is 5.23. The Hall–Kier alpha value is -6.95. The van der Waals surface area contributed by atoms with Crippen LogP contribution in [0, 0.1) is 0 Å². The van der Waals surface area contributed by atoms with E-state index in [-0.39, 0.29) is 0 Å². The highest BCUT2D eigenvalue weighted by Gasteiger charge is 2.58. The summed E-state index contributed by atoms with van der Waals surface area (Å²) in [4.78, 5) is 22.4. The fourth-order valence-corrected chi connectivity index (χ4v) is 11.3. The van der Waals surface area contributed by atoms with E-state index < -0.39 is 10.8 Å². The molecule has 12 rings (SSSR count). The molecular formula is C52H32N4S. The Balaban J connectivity index is 1.19. The Morgan fingerprint density at radius 2 is 0.807 bits per heavy atom. The molecule has 2 aromatic heterocycles. The predicted octanol–water partition coefficient (Wildman–Crippen LogP) is 11.8. The van der Waals surface area contributed by atoms with Crippen molar-refractivity contribution < 1.29 is 0 Å². The zero-order chi connectivity index (χ0) is 37.6. The van der Waals surface area contributed by atoms with Crippen LogP contribution in [-0.4, -0.2) is 19.9 Å². The van der Waals surface area contributed by atoms with Crippen molar-refractivity contribution >= 4 is 11.8 Å². The number of pyridine rings is 1. The van der Waals surface area contributed by atoms with E-state index in [4.69, 9.17) is 15.0 Å². The van der Waals surface area contributed by atoms with Gasteiger partial charge in [-0.15, -0.1) is 0 Å². The number of aromatic nitrogens is 4. The van der Waals surface area contributed by atoms with E-state index in [1.54, 1.807) is 6.20 Å². The van der Waals surface area contributed by atoms with Gasteiger partial charge in [0, 0.05) is 27.1 Å². The number of hydrogen-bond donors (Lipinski definition) is 0. The summed E-state index contributed by atoms with van der Waals surface area (Å²) in [5.41, 5.74) is 14.4. The Labute approximate surface area is 335 Å². The largest absolute Gasteiger partial charge is 0.253 e. The van der Waals surface area contributed by atoms with Crippen molar-refractivity contribution in [2.75, 3.05) is 0 Å². The third-order valence-corrected chi connectivity index (χ3v) is 13.4. The van der Waals surface area contributed by atoms with Crippen LogP contribution in [0.5, 0.6) is 0 Å². The average Bonchev–Trinajstić information content (AvgIpc) is 3.59. The standard InChI is InChI=1S/C52H32N4S/c1-2-17-33(18-3-1)48-54-49(56-50(55-48)45-30-14-15-32-53-45)36-21-16-29-44-47(36)57-46-31-13-12-28-43(46)52(44)41-26-10-8-24-39(41)51(40-25-9-11-27-42(40)52)37-22-6-4-19-34(37)35-20-5-7-23-38(35)51/h1-32H. The molecule has 0 N–H and O–H groups in total. The topological polar surface area (TPSA) is 51.6 Å². The third kappa shape index (κ3) is 4.35. The van der Waals surface area contributed by atoms with Crippen LogP contribution in [0.3, 0.4) is 0 Å². The average molecular weight is 745 g/mol. The lowest BCUT2D eigenvalue weighted by molar-refractivity contribution is 0.606. The smallest absolute Gasteiger partial charge is 0.182 e. The van der Waals surface area contributed by atoms with Gasteiger partial charge in [0.2, 0.25) is 0 Å². The second kappa shape index (κ2) is 12.3. The summed E-state index contributed by atoms with van der Waals surface area (Å²) < 4.78 is 0. The Morgan fingerprint density at radius 3 is 1.44 bits per heavy atom. The van der Waals surface area contributed by atoms with Gasteiger partial charge in [-0.2, -0.15) is 0 Å². The lowest BCUT2D eigenvalue weighted by atomic mass is 9.51. The second-order valence-electron chi connectivity index (χ2n) is 14.9. The summed E-state index contributed by atoms with van der Waals surface area (Å²) >= 11 is 1.81. The molecule has 4 nitrogen and oxygen atoms in total. The van der Waals surface area contributed by atoms with E-state index in [0.717, 1.165) is 16.0 Å².